The molecule has 5 nitrogen and oxygen atoms in total. The van der Waals surface area contributed by atoms with Crippen molar-refractivity contribution in [2.45, 2.75) is 13.8 Å². The number of nitrogens with zero attached hydrogens (tertiary/aromatic N) is 1. The number of oxazole rings is 1. The first-order valence-corrected chi connectivity index (χ1v) is 6.49. The van der Waals surface area contributed by atoms with Gasteiger partial charge in [0.1, 0.15) is 11.4 Å². The van der Waals surface area contributed by atoms with Crippen LogP contribution < -0.4 is 5.32 Å². The van der Waals surface area contributed by atoms with Gasteiger partial charge >= 0.3 is 0 Å². The number of hydrogen-bond donors (Lipinski definition) is 2. The third-order valence-electron chi connectivity index (χ3n) is 2.38. The molecule has 0 aliphatic heterocycles. The van der Waals surface area contributed by atoms with Gasteiger partial charge in [-0.25, -0.2) is 4.98 Å². The molecule has 0 radical (unpaired) electrons. The zero-order chi connectivity index (χ0) is 14.2. The van der Waals surface area contributed by atoms with Gasteiger partial charge in [-0.05, 0) is 19.1 Å². The Morgan fingerprint density at radius 3 is 2.68 bits per heavy atom. The molecular weight excluding hydrogens is 336 g/mol. The summed E-state index contributed by atoms with van der Waals surface area (Å²) in [5.41, 5.74) is 0.603. The van der Waals surface area contributed by atoms with Gasteiger partial charge < -0.3 is 14.8 Å². The molecule has 0 bridgehead atoms. The Morgan fingerprint density at radius 1 is 1.47 bits per heavy atom. The number of nitrogens with one attached hydrogen (secondary N) is 1. The van der Waals surface area contributed by atoms with E-state index in [0.717, 1.165) is 0 Å². The number of phenolic OH excluding ortho intramolecular Hbond substituents is 1. The van der Waals surface area contributed by atoms with Crippen molar-refractivity contribution in [3.8, 4) is 5.75 Å². The molecule has 0 fully saturated rings. The average Bonchev–Trinajstić information content (AvgIpc) is 2.62. The Labute approximate surface area is 122 Å². The molecule has 100 valence electrons. The maximum Gasteiger partial charge on any atom is 0.293 e. The fourth-order valence-electron chi connectivity index (χ4n) is 1.60. The molecule has 0 atom stereocenters. The van der Waals surface area contributed by atoms with Crippen molar-refractivity contribution < 1.29 is 14.3 Å². The molecule has 1 amide bonds. The van der Waals surface area contributed by atoms with Crippen LogP contribution >= 0.6 is 27.5 Å². The summed E-state index contributed by atoms with van der Waals surface area (Å²) in [6, 6.07) is 3.00. The molecule has 0 spiro atoms. The Balaban J connectivity index is 2.32. The highest BCUT2D eigenvalue weighted by Gasteiger charge is 2.19. The van der Waals surface area contributed by atoms with Crippen molar-refractivity contribution >= 4 is 39.1 Å². The van der Waals surface area contributed by atoms with Gasteiger partial charge in [0, 0.05) is 11.4 Å². The van der Waals surface area contributed by atoms with Crippen LogP contribution in [0.25, 0.3) is 0 Å². The van der Waals surface area contributed by atoms with E-state index >= 15 is 0 Å². The predicted octanol–water partition coefficient (Wildman–Crippen LogP) is 3.67. The summed E-state index contributed by atoms with van der Waals surface area (Å²) in [5.74, 6) is -0.163. The Kier molecular flexibility index (Phi) is 3.82. The Bertz CT molecular complexity index is 631. The number of halogens is 2. The third kappa shape index (κ3) is 2.90. The lowest BCUT2D eigenvalue weighted by atomic mass is 10.2. The number of anilines is 1. The summed E-state index contributed by atoms with van der Waals surface area (Å²) in [6.07, 6.45) is 0. The van der Waals surface area contributed by atoms with E-state index in [1.54, 1.807) is 19.9 Å². The number of aromatic hydroxyl groups is 1. The topological polar surface area (TPSA) is 75.4 Å². The SMILES string of the molecule is Cc1nc(C)c(C(=O)Nc2c(O)cc(Br)cc2Cl)o1. The summed E-state index contributed by atoms with van der Waals surface area (Å²) in [6.45, 7) is 3.31. The Hall–Kier alpha value is -1.53. The second-order valence-corrected chi connectivity index (χ2v) is 5.21. The minimum Gasteiger partial charge on any atom is -0.506 e. The van der Waals surface area contributed by atoms with Crippen LogP contribution in [0.4, 0.5) is 5.69 Å². The van der Waals surface area contributed by atoms with Crippen molar-refractivity contribution in [3.05, 3.63) is 39.0 Å². The van der Waals surface area contributed by atoms with Crippen molar-refractivity contribution in [3.63, 3.8) is 0 Å². The molecule has 2 aromatic rings. The number of amides is 1. The normalized spacial score (nSPS) is 10.5. The summed E-state index contributed by atoms with van der Waals surface area (Å²) in [5, 5.41) is 12.5. The molecule has 0 unspecified atom stereocenters. The molecule has 0 saturated carbocycles. The average molecular weight is 346 g/mol. The fraction of sp³-hybridized carbons (Fsp3) is 0.167. The minimum absolute atomic E-state index is 0.0934. The molecule has 7 heteroatoms. The first-order valence-electron chi connectivity index (χ1n) is 5.32. The number of carbonyl (C=O) groups is 1. The van der Waals surface area contributed by atoms with Crippen molar-refractivity contribution in [2.24, 2.45) is 0 Å². The summed E-state index contributed by atoms with van der Waals surface area (Å²) in [4.78, 5) is 16.0. The number of hydrogen-bond acceptors (Lipinski definition) is 4. The third-order valence-corrected chi connectivity index (χ3v) is 3.14. The molecular formula is C12H10BrClN2O3. The van der Waals surface area contributed by atoms with E-state index in [1.165, 1.54) is 6.07 Å². The first-order chi connectivity index (χ1) is 8.88. The number of rotatable bonds is 2. The lowest BCUT2D eigenvalue weighted by Crippen LogP contribution is -2.12. The zero-order valence-corrected chi connectivity index (χ0v) is 12.5. The number of benzene rings is 1. The second-order valence-electron chi connectivity index (χ2n) is 3.88. The molecule has 19 heavy (non-hydrogen) atoms. The van der Waals surface area contributed by atoms with Crippen LogP contribution in [-0.4, -0.2) is 16.0 Å². The van der Waals surface area contributed by atoms with E-state index in [9.17, 15) is 9.90 Å². The van der Waals surface area contributed by atoms with E-state index < -0.39 is 5.91 Å². The zero-order valence-electron chi connectivity index (χ0n) is 10.1. The number of phenols is 1. The monoisotopic (exact) mass is 344 g/mol. The van der Waals surface area contributed by atoms with E-state index in [0.29, 0.717) is 16.1 Å². The summed E-state index contributed by atoms with van der Waals surface area (Å²) >= 11 is 9.15. The van der Waals surface area contributed by atoms with Crippen LogP contribution in [0.15, 0.2) is 21.0 Å². The molecule has 1 heterocycles. The highest BCUT2D eigenvalue weighted by molar-refractivity contribution is 9.10. The van der Waals surface area contributed by atoms with E-state index in [1.807, 2.05) is 0 Å². The predicted molar refractivity (Wildman–Crippen MR) is 74.7 cm³/mol. The first kappa shape index (κ1) is 13.9. The lowest BCUT2D eigenvalue weighted by Gasteiger charge is -2.08. The van der Waals surface area contributed by atoms with Gasteiger partial charge in [-0.15, -0.1) is 0 Å². The highest BCUT2D eigenvalue weighted by atomic mass is 79.9. The molecule has 2 N–H and O–H groups in total. The maximum absolute atomic E-state index is 12.0. The number of carbonyl (C=O) groups excluding carboxylic acids is 1. The van der Waals surface area contributed by atoms with E-state index in [2.05, 4.69) is 26.2 Å². The van der Waals surface area contributed by atoms with Gasteiger partial charge in [-0.3, -0.25) is 4.79 Å². The van der Waals surface area contributed by atoms with Gasteiger partial charge in [0.25, 0.3) is 5.91 Å². The molecule has 0 aliphatic carbocycles. The minimum atomic E-state index is -0.516. The number of aromatic nitrogens is 1. The van der Waals surface area contributed by atoms with Crippen molar-refractivity contribution in [1.82, 2.24) is 4.98 Å². The van der Waals surface area contributed by atoms with Crippen LogP contribution in [0.3, 0.4) is 0 Å². The molecule has 0 aliphatic rings. The standard InChI is InChI=1S/C12H10BrClN2O3/c1-5-11(19-6(2)15-5)12(18)16-10-8(14)3-7(13)4-9(10)17/h3-4,17H,1-2H3,(H,16,18). The van der Waals surface area contributed by atoms with Crippen LogP contribution in [0.5, 0.6) is 5.75 Å². The summed E-state index contributed by atoms with van der Waals surface area (Å²) < 4.78 is 5.81. The van der Waals surface area contributed by atoms with Crippen LogP contribution in [-0.2, 0) is 0 Å². The van der Waals surface area contributed by atoms with Gasteiger partial charge in [0.05, 0.1) is 10.7 Å². The van der Waals surface area contributed by atoms with E-state index in [4.69, 9.17) is 16.0 Å². The fourth-order valence-corrected chi connectivity index (χ4v) is 2.44. The van der Waals surface area contributed by atoms with Gasteiger partial charge in [-0.1, -0.05) is 27.5 Å². The largest absolute Gasteiger partial charge is 0.506 e. The van der Waals surface area contributed by atoms with Gasteiger partial charge in [0.2, 0.25) is 5.76 Å². The highest BCUT2D eigenvalue weighted by Crippen LogP contribution is 2.35. The van der Waals surface area contributed by atoms with Crippen LogP contribution in [0.1, 0.15) is 22.1 Å². The Morgan fingerprint density at radius 2 is 2.16 bits per heavy atom. The van der Waals surface area contributed by atoms with Crippen molar-refractivity contribution in [2.75, 3.05) is 5.32 Å². The maximum atomic E-state index is 12.0. The molecule has 0 saturated heterocycles. The lowest BCUT2D eigenvalue weighted by molar-refractivity contribution is 0.0994. The molecule has 1 aromatic heterocycles. The van der Waals surface area contributed by atoms with Gasteiger partial charge in [0.15, 0.2) is 5.89 Å². The number of aryl methyl sites for hydroxylation is 2. The van der Waals surface area contributed by atoms with Crippen LogP contribution in [0, 0.1) is 13.8 Å². The molecule has 2 rings (SSSR count). The molecule has 1 aromatic carbocycles. The van der Waals surface area contributed by atoms with Gasteiger partial charge in [-0.2, -0.15) is 0 Å². The quantitative estimate of drug-likeness (QED) is 0.814. The summed E-state index contributed by atoms with van der Waals surface area (Å²) in [7, 11) is 0. The smallest absolute Gasteiger partial charge is 0.293 e. The van der Waals surface area contributed by atoms with E-state index in [-0.39, 0.29) is 22.2 Å². The van der Waals surface area contributed by atoms with Crippen LogP contribution in [0.2, 0.25) is 5.02 Å². The second kappa shape index (κ2) is 5.22. The van der Waals surface area contributed by atoms with Crippen molar-refractivity contribution in [1.29, 1.82) is 0 Å².